The van der Waals surface area contributed by atoms with E-state index in [9.17, 15) is 4.79 Å². The Morgan fingerprint density at radius 1 is 1.24 bits per heavy atom. The second-order valence-corrected chi connectivity index (χ2v) is 5.26. The molecule has 0 aliphatic carbocycles. The van der Waals surface area contributed by atoms with E-state index in [0.29, 0.717) is 25.6 Å². The van der Waals surface area contributed by atoms with E-state index < -0.39 is 0 Å². The van der Waals surface area contributed by atoms with Crippen molar-refractivity contribution in [2.45, 2.75) is 46.1 Å². The van der Waals surface area contributed by atoms with Crippen molar-refractivity contribution in [3.63, 3.8) is 0 Å². The SMILES string of the molecule is CCCNC(C)Cc1ccc(OCCC(=O)NCC)cc1. The van der Waals surface area contributed by atoms with Gasteiger partial charge in [0.25, 0.3) is 0 Å². The first kappa shape index (κ1) is 17.5. The maximum absolute atomic E-state index is 11.3. The van der Waals surface area contributed by atoms with Gasteiger partial charge in [-0.1, -0.05) is 19.1 Å². The Balaban J connectivity index is 2.31. The van der Waals surface area contributed by atoms with Crippen molar-refractivity contribution in [3.8, 4) is 5.75 Å². The van der Waals surface area contributed by atoms with Gasteiger partial charge in [0.2, 0.25) is 5.91 Å². The maximum atomic E-state index is 11.3. The van der Waals surface area contributed by atoms with Gasteiger partial charge in [0, 0.05) is 12.6 Å². The smallest absolute Gasteiger partial charge is 0.223 e. The van der Waals surface area contributed by atoms with Crippen LogP contribution in [-0.2, 0) is 11.2 Å². The summed E-state index contributed by atoms with van der Waals surface area (Å²) in [6.45, 7) is 8.42. The van der Waals surface area contributed by atoms with Crippen LogP contribution in [0.25, 0.3) is 0 Å². The molecule has 0 saturated carbocycles. The normalized spacial score (nSPS) is 12.0. The highest BCUT2D eigenvalue weighted by atomic mass is 16.5. The van der Waals surface area contributed by atoms with Crippen LogP contribution in [0.1, 0.15) is 39.2 Å². The summed E-state index contributed by atoms with van der Waals surface area (Å²) in [7, 11) is 0. The highest BCUT2D eigenvalue weighted by Gasteiger charge is 2.03. The molecule has 1 atom stereocenters. The van der Waals surface area contributed by atoms with Crippen molar-refractivity contribution in [1.29, 1.82) is 0 Å². The monoisotopic (exact) mass is 292 g/mol. The summed E-state index contributed by atoms with van der Waals surface area (Å²) in [5.74, 6) is 0.849. The van der Waals surface area contributed by atoms with E-state index in [4.69, 9.17) is 4.74 Å². The molecule has 0 aromatic heterocycles. The average Bonchev–Trinajstić information content (AvgIpc) is 2.47. The van der Waals surface area contributed by atoms with Gasteiger partial charge in [-0.05, 0) is 50.9 Å². The first-order valence-electron chi connectivity index (χ1n) is 7.87. The number of amides is 1. The molecule has 0 bridgehead atoms. The molecule has 1 amide bonds. The molecule has 1 aromatic carbocycles. The van der Waals surface area contributed by atoms with Gasteiger partial charge < -0.3 is 15.4 Å². The van der Waals surface area contributed by atoms with Crippen molar-refractivity contribution in [1.82, 2.24) is 10.6 Å². The van der Waals surface area contributed by atoms with Gasteiger partial charge in [0.1, 0.15) is 5.75 Å². The third-order valence-electron chi connectivity index (χ3n) is 3.18. The highest BCUT2D eigenvalue weighted by Crippen LogP contribution is 2.13. The molecule has 0 aliphatic heterocycles. The predicted octanol–water partition coefficient (Wildman–Crippen LogP) is 2.52. The van der Waals surface area contributed by atoms with Crippen LogP contribution in [-0.4, -0.2) is 31.6 Å². The molecule has 0 fully saturated rings. The zero-order valence-corrected chi connectivity index (χ0v) is 13.4. The third kappa shape index (κ3) is 7.71. The van der Waals surface area contributed by atoms with Crippen LogP contribution in [0.15, 0.2) is 24.3 Å². The van der Waals surface area contributed by atoms with Gasteiger partial charge in [-0.2, -0.15) is 0 Å². The van der Waals surface area contributed by atoms with Crippen LogP contribution >= 0.6 is 0 Å². The lowest BCUT2D eigenvalue weighted by Gasteiger charge is -2.13. The summed E-state index contributed by atoms with van der Waals surface area (Å²) in [5, 5.41) is 6.23. The molecule has 4 heteroatoms. The third-order valence-corrected chi connectivity index (χ3v) is 3.18. The lowest BCUT2D eigenvalue weighted by atomic mass is 10.1. The minimum Gasteiger partial charge on any atom is -0.493 e. The van der Waals surface area contributed by atoms with Gasteiger partial charge in [-0.25, -0.2) is 0 Å². The number of nitrogens with one attached hydrogen (secondary N) is 2. The molecule has 1 unspecified atom stereocenters. The van der Waals surface area contributed by atoms with Crippen molar-refractivity contribution >= 4 is 5.91 Å². The van der Waals surface area contributed by atoms with Crippen LogP contribution < -0.4 is 15.4 Å². The minimum absolute atomic E-state index is 0.0324. The molecule has 4 nitrogen and oxygen atoms in total. The summed E-state index contributed by atoms with van der Waals surface area (Å²) >= 11 is 0. The number of ether oxygens (including phenoxy) is 1. The fourth-order valence-corrected chi connectivity index (χ4v) is 2.09. The molecule has 0 saturated heterocycles. The molecule has 118 valence electrons. The molecule has 1 rings (SSSR count). The number of carbonyl (C=O) groups is 1. The van der Waals surface area contributed by atoms with E-state index in [0.717, 1.165) is 25.1 Å². The second-order valence-electron chi connectivity index (χ2n) is 5.26. The van der Waals surface area contributed by atoms with E-state index in [1.165, 1.54) is 5.56 Å². The quantitative estimate of drug-likeness (QED) is 0.697. The Morgan fingerprint density at radius 3 is 2.57 bits per heavy atom. The predicted molar refractivity (Wildman–Crippen MR) is 86.7 cm³/mol. The molecular formula is C17H28N2O2. The van der Waals surface area contributed by atoms with Crippen LogP contribution in [0, 0.1) is 0 Å². The van der Waals surface area contributed by atoms with Gasteiger partial charge in [-0.15, -0.1) is 0 Å². The summed E-state index contributed by atoms with van der Waals surface area (Å²) < 4.78 is 5.57. The van der Waals surface area contributed by atoms with Crippen molar-refractivity contribution in [2.75, 3.05) is 19.7 Å². The number of hydrogen-bond donors (Lipinski definition) is 2. The van der Waals surface area contributed by atoms with Crippen LogP contribution in [0.3, 0.4) is 0 Å². The molecule has 0 spiro atoms. The van der Waals surface area contributed by atoms with E-state index in [2.05, 4.69) is 36.6 Å². The number of rotatable bonds is 10. The molecule has 0 aliphatic rings. The standard InChI is InChI=1S/C17H28N2O2/c1-4-11-19-14(3)13-15-6-8-16(9-7-15)21-12-10-17(20)18-5-2/h6-9,14,19H,4-5,10-13H2,1-3H3,(H,18,20). The van der Waals surface area contributed by atoms with Crippen molar-refractivity contribution in [2.24, 2.45) is 0 Å². The van der Waals surface area contributed by atoms with Gasteiger partial charge >= 0.3 is 0 Å². The molecular weight excluding hydrogens is 264 g/mol. The van der Waals surface area contributed by atoms with E-state index >= 15 is 0 Å². The number of benzene rings is 1. The zero-order valence-electron chi connectivity index (χ0n) is 13.4. The van der Waals surface area contributed by atoms with Gasteiger partial charge in [0.15, 0.2) is 0 Å². The summed E-state index contributed by atoms with van der Waals surface area (Å²) in [4.78, 5) is 11.3. The Kier molecular flexibility index (Phi) is 8.51. The fourth-order valence-electron chi connectivity index (χ4n) is 2.09. The first-order chi connectivity index (χ1) is 10.2. The maximum Gasteiger partial charge on any atom is 0.223 e. The topological polar surface area (TPSA) is 50.4 Å². The summed E-state index contributed by atoms with van der Waals surface area (Å²) in [5.41, 5.74) is 1.29. The molecule has 0 heterocycles. The number of carbonyl (C=O) groups excluding carboxylic acids is 1. The average molecular weight is 292 g/mol. The lowest BCUT2D eigenvalue weighted by molar-refractivity contribution is -0.121. The zero-order chi connectivity index (χ0) is 15.5. The van der Waals surface area contributed by atoms with E-state index in [1.54, 1.807) is 0 Å². The second kappa shape index (κ2) is 10.2. The molecule has 2 N–H and O–H groups in total. The number of hydrogen-bond acceptors (Lipinski definition) is 3. The largest absolute Gasteiger partial charge is 0.493 e. The summed E-state index contributed by atoms with van der Waals surface area (Å²) in [6.07, 6.45) is 2.56. The van der Waals surface area contributed by atoms with Crippen LogP contribution in [0.4, 0.5) is 0 Å². The summed E-state index contributed by atoms with van der Waals surface area (Å²) in [6, 6.07) is 8.60. The first-order valence-corrected chi connectivity index (χ1v) is 7.87. The molecule has 1 aromatic rings. The Morgan fingerprint density at radius 2 is 1.95 bits per heavy atom. The lowest BCUT2D eigenvalue weighted by Crippen LogP contribution is -2.28. The Hall–Kier alpha value is -1.55. The molecule has 21 heavy (non-hydrogen) atoms. The highest BCUT2D eigenvalue weighted by molar-refractivity contribution is 5.75. The van der Waals surface area contributed by atoms with Crippen LogP contribution in [0.2, 0.25) is 0 Å². The van der Waals surface area contributed by atoms with E-state index in [-0.39, 0.29) is 5.91 Å². The van der Waals surface area contributed by atoms with Crippen molar-refractivity contribution < 1.29 is 9.53 Å². The van der Waals surface area contributed by atoms with Gasteiger partial charge in [-0.3, -0.25) is 4.79 Å². The van der Waals surface area contributed by atoms with Crippen molar-refractivity contribution in [3.05, 3.63) is 29.8 Å². The Bertz CT molecular complexity index is 404. The van der Waals surface area contributed by atoms with Crippen LogP contribution in [0.5, 0.6) is 5.75 Å². The van der Waals surface area contributed by atoms with Gasteiger partial charge in [0.05, 0.1) is 13.0 Å². The fraction of sp³-hybridized carbons (Fsp3) is 0.588. The van der Waals surface area contributed by atoms with E-state index in [1.807, 2.05) is 19.1 Å². The Labute approximate surface area is 128 Å². The minimum atomic E-state index is 0.0324. The molecule has 0 radical (unpaired) electrons.